The van der Waals surface area contributed by atoms with E-state index >= 15 is 0 Å². The van der Waals surface area contributed by atoms with E-state index in [1.165, 1.54) is 0 Å². The lowest BCUT2D eigenvalue weighted by Crippen LogP contribution is -2.08. The molecule has 1 heterocycles. The fourth-order valence-electron chi connectivity index (χ4n) is 1.66. The number of rotatable bonds is 5. The minimum absolute atomic E-state index is 0.436. The molecule has 1 aromatic carbocycles. The summed E-state index contributed by atoms with van der Waals surface area (Å²) in [5, 5.41) is 3.80. The summed E-state index contributed by atoms with van der Waals surface area (Å²) in [6, 6.07) is 9.49. The molecule has 2 aromatic rings. The Bertz CT molecular complexity index is 546. The van der Waals surface area contributed by atoms with E-state index in [0.29, 0.717) is 18.2 Å². The number of nitrogens with one attached hydrogen (secondary N) is 1. The van der Waals surface area contributed by atoms with Gasteiger partial charge in [0.25, 0.3) is 0 Å². The lowest BCUT2D eigenvalue weighted by molar-refractivity contribution is 0.297. The number of benzene rings is 1. The van der Waals surface area contributed by atoms with Crippen molar-refractivity contribution in [3.63, 3.8) is 0 Å². The molecule has 0 amide bonds. The van der Waals surface area contributed by atoms with Crippen molar-refractivity contribution in [1.29, 1.82) is 0 Å². The summed E-state index contributed by atoms with van der Waals surface area (Å²) in [5.41, 5.74) is 1.92. The van der Waals surface area contributed by atoms with Crippen LogP contribution in [0.3, 0.4) is 0 Å². The standard InChI is InChI=1S/C14H14BrClN2O/c1-17-7-10-6-12(16)3-5-14(10)19-9-13-4-2-11(15)8-18-13/h2-6,8,17H,7,9H2,1H3. The molecule has 19 heavy (non-hydrogen) atoms. The topological polar surface area (TPSA) is 34.1 Å². The van der Waals surface area contributed by atoms with Gasteiger partial charge in [-0.25, -0.2) is 0 Å². The molecule has 0 spiro atoms. The van der Waals surface area contributed by atoms with Gasteiger partial charge in [0.1, 0.15) is 12.4 Å². The monoisotopic (exact) mass is 340 g/mol. The second-order valence-electron chi connectivity index (χ2n) is 4.04. The Hall–Kier alpha value is -1.10. The zero-order valence-electron chi connectivity index (χ0n) is 10.5. The molecule has 3 nitrogen and oxygen atoms in total. The molecule has 0 saturated carbocycles. The van der Waals surface area contributed by atoms with Crippen LogP contribution < -0.4 is 10.1 Å². The van der Waals surface area contributed by atoms with Gasteiger partial charge in [0.15, 0.2) is 0 Å². The Morgan fingerprint density at radius 2 is 2.16 bits per heavy atom. The van der Waals surface area contributed by atoms with Gasteiger partial charge in [-0.2, -0.15) is 0 Å². The second kappa shape index (κ2) is 6.89. The van der Waals surface area contributed by atoms with Gasteiger partial charge in [0, 0.05) is 27.8 Å². The van der Waals surface area contributed by atoms with Gasteiger partial charge in [-0.15, -0.1) is 0 Å². The first-order valence-corrected chi connectivity index (χ1v) is 7.02. The zero-order chi connectivity index (χ0) is 13.7. The van der Waals surface area contributed by atoms with Crippen molar-refractivity contribution in [2.75, 3.05) is 7.05 Å². The Balaban J connectivity index is 2.08. The smallest absolute Gasteiger partial charge is 0.130 e. The summed E-state index contributed by atoms with van der Waals surface area (Å²) >= 11 is 9.34. The van der Waals surface area contributed by atoms with Crippen LogP contribution in [0, 0.1) is 0 Å². The van der Waals surface area contributed by atoms with Crippen LogP contribution in [0.1, 0.15) is 11.3 Å². The normalized spacial score (nSPS) is 10.5. The first-order valence-electron chi connectivity index (χ1n) is 5.85. The van der Waals surface area contributed by atoms with Crippen molar-refractivity contribution < 1.29 is 4.74 Å². The largest absolute Gasteiger partial charge is 0.487 e. The Morgan fingerprint density at radius 1 is 1.32 bits per heavy atom. The number of aromatic nitrogens is 1. The molecule has 5 heteroatoms. The highest BCUT2D eigenvalue weighted by Gasteiger charge is 2.05. The molecule has 0 fully saturated rings. The van der Waals surface area contributed by atoms with E-state index in [4.69, 9.17) is 16.3 Å². The number of hydrogen-bond acceptors (Lipinski definition) is 3. The minimum atomic E-state index is 0.436. The number of nitrogens with zero attached hydrogens (tertiary/aromatic N) is 1. The molecule has 0 bridgehead atoms. The van der Waals surface area contributed by atoms with Crippen LogP contribution in [-0.2, 0) is 13.2 Å². The summed E-state index contributed by atoms with van der Waals surface area (Å²) in [5.74, 6) is 0.823. The molecule has 1 aromatic heterocycles. The Kier molecular flexibility index (Phi) is 5.19. The predicted octanol–water partition coefficient (Wildman–Crippen LogP) is 3.80. The average molecular weight is 342 g/mol. The SMILES string of the molecule is CNCc1cc(Cl)ccc1OCc1ccc(Br)cn1. The number of halogens is 2. The molecule has 0 radical (unpaired) electrons. The Labute approximate surface area is 126 Å². The summed E-state index contributed by atoms with van der Waals surface area (Å²) in [6.45, 7) is 1.15. The fourth-order valence-corrected chi connectivity index (χ4v) is 2.09. The molecule has 100 valence electrons. The van der Waals surface area contributed by atoms with E-state index in [1.54, 1.807) is 6.20 Å². The van der Waals surface area contributed by atoms with Crippen LogP contribution in [0.25, 0.3) is 0 Å². The van der Waals surface area contributed by atoms with Crippen LogP contribution in [0.15, 0.2) is 41.0 Å². The van der Waals surface area contributed by atoms with Crippen LogP contribution in [0.5, 0.6) is 5.75 Å². The van der Waals surface area contributed by atoms with Crippen LogP contribution >= 0.6 is 27.5 Å². The third-order valence-corrected chi connectivity index (χ3v) is 3.26. The second-order valence-corrected chi connectivity index (χ2v) is 5.39. The maximum Gasteiger partial charge on any atom is 0.130 e. The molecule has 0 aliphatic carbocycles. The molecular weight excluding hydrogens is 328 g/mol. The first-order chi connectivity index (χ1) is 9.19. The number of pyridine rings is 1. The molecular formula is C14H14BrClN2O. The lowest BCUT2D eigenvalue weighted by atomic mass is 10.2. The van der Waals surface area contributed by atoms with Crippen molar-refractivity contribution in [2.24, 2.45) is 0 Å². The highest BCUT2D eigenvalue weighted by atomic mass is 79.9. The van der Waals surface area contributed by atoms with Crippen molar-refractivity contribution in [1.82, 2.24) is 10.3 Å². The molecule has 0 aliphatic rings. The summed E-state index contributed by atoms with van der Waals surface area (Å²) < 4.78 is 6.75. The predicted molar refractivity (Wildman–Crippen MR) is 80.5 cm³/mol. The quantitative estimate of drug-likeness (QED) is 0.898. The maximum absolute atomic E-state index is 5.99. The van der Waals surface area contributed by atoms with E-state index < -0.39 is 0 Å². The highest BCUT2D eigenvalue weighted by molar-refractivity contribution is 9.10. The van der Waals surface area contributed by atoms with E-state index in [-0.39, 0.29) is 0 Å². The van der Waals surface area contributed by atoms with Crippen LogP contribution in [0.2, 0.25) is 5.02 Å². The van der Waals surface area contributed by atoms with Gasteiger partial charge in [-0.05, 0) is 53.3 Å². The van der Waals surface area contributed by atoms with E-state index in [9.17, 15) is 0 Å². The third-order valence-electron chi connectivity index (χ3n) is 2.55. The van der Waals surface area contributed by atoms with Crippen molar-refractivity contribution in [2.45, 2.75) is 13.2 Å². The van der Waals surface area contributed by atoms with Gasteiger partial charge in [0.2, 0.25) is 0 Å². The van der Waals surface area contributed by atoms with Gasteiger partial charge in [0.05, 0.1) is 5.69 Å². The van der Waals surface area contributed by atoms with Gasteiger partial charge in [-0.1, -0.05) is 11.6 Å². The van der Waals surface area contributed by atoms with Crippen molar-refractivity contribution in [3.8, 4) is 5.75 Å². The summed E-state index contributed by atoms with van der Waals surface area (Å²) in [6.07, 6.45) is 1.76. The molecule has 0 unspecified atom stereocenters. The molecule has 0 aliphatic heterocycles. The third kappa shape index (κ3) is 4.20. The summed E-state index contributed by atoms with van der Waals surface area (Å²) in [7, 11) is 1.89. The lowest BCUT2D eigenvalue weighted by Gasteiger charge is -2.11. The van der Waals surface area contributed by atoms with Gasteiger partial charge in [-0.3, -0.25) is 4.98 Å². The first kappa shape index (κ1) is 14.3. The zero-order valence-corrected chi connectivity index (χ0v) is 12.8. The highest BCUT2D eigenvalue weighted by Crippen LogP contribution is 2.23. The fraction of sp³-hybridized carbons (Fsp3) is 0.214. The maximum atomic E-state index is 5.99. The van der Waals surface area contributed by atoms with Gasteiger partial charge < -0.3 is 10.1 Å². The van der Waals surface area contributed by atoms with Crippen LogP contribution in [-0.4, -0.2) is 12.0 Å². The van der Waals surface area contributed by atoms with Crippen molar-refractivity contribution in [3.05, 3.63) is 57.3 Å². The number of ether oxygens (including phenoxy) is 1. The minimum Gasteiger partial charge on any atom is -0.487 e. The van der Waals surface area contributed by atoms with Gasteiger partial charge >= 0.3 is 0 Å². The van der Waals surface area contributed by atoms with E-state index in [2.05, 4.69) is 26.2 Å². The van der Waals surface area contributed by atoms with Crippen LogP contribution in [0.4, 0.5) is 0 Å². The Morgan fingerprint density at radius 3 is 2.84 bits per heavy atom. The molecule has 1 N–H and O–H groups in total. The molecule has 0 atom stereocenters. The van der Waals surface area contributed by atoms with Crippen molar-refractivity contribution >= 4 is 27.5 Å². The molecule has 2 rings (SSSR count). The summed E-state index contributed by atoms with van der Waals surface area (Å²) in [4.78, 5) is 4.27. The molecule has 0 saturated heterocycles. The van der Waals surface area contributed by atoms with E-state index in [0.717, 1.165) is 21.5 Å². The average Bonchev–Trinajstić information content (AvgIpc) is 2.40. The van der Waals surface area contributed by atoms with E-state index in [1.807, 2.05) is 37.4 Å². The number of hydrogen-bond donors (Lipinski definition) is 1.